The van der Waals surface area contributed by atoms with Gasteiger partial charge in [-0.15, -0.1) is 0 Å². The molecular formula is C9H10N2O2S. The molecule has 0 aromatic heterocycles. The van der Waals surface area contributed by atoms with Gasteiger partial charge < -0.3 is 16.2 Å². The van der Waals surface area contributed by atoms with Crippen molar-refractivity contribution >= 4 is 28.8 Å². The lowest BCUT2D eigenvalue weighted by atomic mass is 10.2. The highest BCUT2D eigenvalue weighted by molar-refractivity contribution is 7.80. The summed E-state index contributed by atoms with van der Waals surface area (Å²) in [5.74, 6) is -0.451. The second-order valence-corrected chi connectivity index (χ2v) is 3.09. The average molecular weight is 210 g/mol. The summed E-state index contributed by atoms with van der Waals surface area (Å²) >= 11 is 4.77. The lowest BCUT2D eigenvalue weighted by Crippen LogP contribution is -2.15. The van der Waals surface area contributed by atoms with E-state index < -0.39 is 12.5 Å². The topological polar surface area (TPSA) is 75.3 Å². The highest BCUT2D eigenvalue weighted by Crippen LogP contribution is 2.08. The Balaban J connectivity index is 2.73. The number of carbonyl (C=O) groups is 1. The molecule has 1 amide bonds. The Kier molecular flexibility index (Phi) is 3.55. The normalized spacial score (nSPS) is 9.50. The van der Waals surface area contributed by atoms with Crippen LogP contribution in [0.3, 0.4) is 0 Å². The second-order valence-electron chi connectivity index (χ2n) is 2.65. The first-order valence-electron chi connectivity index (χ1n) is 3.94. The van der Waals surface area contributed by atoms with Gasteiger partial charge in [0.2, 0.25) is 5.91 Å². The van der Waals surface area contributed by atoms with Crippen molar-refractivity contribution in [2.24, 2.45) is 5.73 Å². The quantitative estimate of drug-likeness (QED) is 0.625. The van der Waals surface area contributed by atoms with Crippen LogP contribution in [0.1, 0.15) is 5.56 Å². The summed E-state index contributed by atoms with van der Waals surface area (Å²) in [4.78, 5) is 11.1. The van der Waals surface area contributed by atoms with E-state index in [9.17, 15) is 4.79 Å². The van der Waals surface area contributed by atoms with Gasteiger partial charge in [-0.1, -0.05) is 12.2 Å². The van der Waals surface area contributed by atoms with E-state index in [1.165, 1.54) is 0 Å². The molecule has 0 aliphatic heterocycles. The first kappa shape index (κ1) is 10.6. The van der Waals surface area contributed by atoms with Crippen LogP contribution in [0.15, 0.2) is 24.3 Å². The second kappa shape index (κ2) is 4.69. The molecule has 74 valence electrons. The number of rotatable bonds is 3. The largest absolute Gasteiger partial charge is 0.389 e. The molecule has 14 heavy (non-hydrogen) atoms. The van der Waals surface area contributed by atoms with Crippen LogP contribution in [0.5, 0.6) is 0 Å². The van der Waals surface area contributed by atoms with Crippen LogP contribution in [0.2, 0.25) is 0 Å². The molecule has 0 unspecified atom stereocenters. The summed E-state index contributed by atoms with van der Waals surface area (Å²) in [6.45, 7) is -0.531. The number of nitrogens with one attached hydrogen (secondary N) is 1. The van der Waals surface area contributed by atoms with Gasteiger partial charge in [-0.05, 0) is 24.3 Å². The van der Waals surface area contributed by atoms with Crippen molar-refractivity contribution in [3.05, 3.63) is 29.8 Å². The van der Waals surface area contributed by atoms with Crippen molar-refractivity contribution in [2.75, 3.05) is 11.9 Å². The molecule has 0 heterocycles. The van der Waals surface area contributed by atoms with Crippen molar-refractivity contribution in [2.45, 2.75) is 0 Å². The van der Waals surface area contributed by atoms with E-state index >= 15 is 0 Å². The van der Waals surface area contributed by atoms with Gasteiger partial charge in [0.15, 0.2) is 0 Å². The molecule has 0 radical (unpaired) electrons. The number of nitrogens with two attached hydrogens (primary N) is 1. The highest BCUT2D eigenvalue weighted by atomic mass is 32.1. The van der Waals surface area contributed by atoms with Gasteiger partial charge in [0.05, 0.1) is 0 Å². The standard InChI is InChI=1S/C9H10N2O2S/c10-9(14)6-1-3-7(4-2-6)11-8(13)5-12/h1-4,12H,5H2,(H2,10,14)(H,11,13). The molecule has 1 aromatic rings. The Morgan fingerprint density at radius 2 is 2.00 bits per heavy atom. The van der Waals surface area contributed by atoms with Gasteiger partial charge in [0.25, 0.3) is 0 Å². The summed E-state index contributed by atoms with van der Waals surface area (Å²) < 4.78 is 0. The van der Waals surface area contributed by atoms with Gasteiger partial charge in [-0.25, -0.2) is 0 Å². The third-order valence-electron chi connectivity index (χ3n) is 1.60. The van der Waals surface area contributed by atoms with Crippen LogP contribution in [0.25, 0.3) is 0 Å². The smallest absolute Gasteiger partial charge is 0.250 e. The minimum Gasteiger partial charge on any atom is -0.389 e. The minimum absolute atomic E-state index is 0.310. The number of carbonyl (C=O) groups excluding carboxylic acids is 1. The van der Waals surface area contributed by atoms with Crippen molar-refractivity contribution in [3.63, 3.8) is 0 Å². The predicted octanol–water partition coefficient (Wildman–Crippen LogP) is 0.252. The number of aliphatic hydroxyl groups is 1. The van der Waals surface area contributed by atoms with Gasteiger partial charge >= 0.3 is 0 Å². The van der Waals surface area contributed by atoms with Crippen molar-refractivity contribution in [1.29, 1.82) is 0 Å². The maximum absolute atomic E-state index is 10.8. The van der Waals surface area contributed by atoms with Crippen LogP contribution in [0, 0.1) is 0 Å². The molecule has 0 saturated carbocycles. The van der Waals surface area contributed by atoms with Gasteiger partial charge in [0.1, 0.15) is 11.6 Å². The summed E-state index contributed by atoms with van der Waals surface area (Å²) in [5.41, 5.74) is 6.73. The van der Waals surface area contributed by atoms with Crippen LogP contribution in [-0.4, -0.2) is 22.6 Å². The molecule has 0 aliphatic carbocycles. The number of aliphatic hydroxyl groups excluding tert-OH is 1. The fourth-order valence-corrected chi connectivity index (χ4v) is 1.05. The monoisotopic (exact) mass is 210 g/mol. The number of amides is 1. The van der Waals surface area contributed by atoms with Gasteiger partial charge in [0, 0.05) is 11.3 Å². The zero-order valence-corrected chi connectivity index (χ0v) is 8.17. The zero-order chi connectivity index (χ0) is 10.6. The van der Waals surface area contributed by atoms with Crippen molar-refractivity contribution < 1.29 is 9.90 Å². The lowest BCUT2D eigenvalue weighted by Gasteiger charge is -2.03. The molecule has 1 rings (SSSR count). The van der Waals surface area contributed by atoms with E-state index in [1.807, 2.05) is 0 Å². The van der Waals surface area contributed by atoms with Crippen LogP contribution >= 0.6 is 12.2 Å². The van der Waals surface area contributed by atoms with Crippen LogP contribution in [0.4, 0.5) is 5.69 Å². The third kappa shape index (κ3) is 2.79. The number of thiocarbonyl (C=S) groups is 1. The van der Waals surface area contributed by atoms with E-state index in [1.54, 1.807) is 24.3 Å². The van der Waals surface area contributed by atoms with E-state index in [-0.39, 0.29) is 0 Å². The first-order valence-corrected chi connectivity index (χ1v) is 4.35. The summed E-state index contributed by atoms with van der Waals surface area (Å²) in [6, 6.07) is 6.74. The Morgan fingerprint density at radius 1 is 1.43 bits per heavy atom. The number of anilines is 1. The molecule has 0 fully saturated rings. The SMILES string of the molecule is NC(=S)c1ccc(NC(=O)CO)cc1. The first-order chi connectivity index (χ1) is 6.63. The molecule has 0 saturated heterocycles. The molecule has 5 heteroatoms. The highest BCUT2D eigenvalue weighted by Gasteiger charge is 2.00. The van der Waals surface area contributed by atoms with E-state index in [0.717, 1.165) is 5.56 Å². The van der Waals surface area contributed by atoms with Crippen molar-refractivity contribution in [1.82, 2.24) is 0 Å². The Hall–Kier alpha value is -1.46. The number of hydrogen-bond acceptors (Lipinski definition) is 3. The average Bonchev–Trinajstić information content (AvgIpc) is 2.18. The molecule has 0 aliphatic rings. The molecule has 0 bridgehead atoms. The number of hydrogen-bond donors (Lipinski definition) is 3. The fraction of sp³-hybridized carbons (Fsp3) is 0.111. The van der Waals surface area contributed by atoms with Crippen molar-refractivity contribution in [3.8, 4) is 0 Å². The Bertz CT molecular complexity index is 348. The van der Waals surface area contributed by atoms with Crippen LogP contribution in [-0.2, 0) is 4.79 Å². The lowest BCUT2D eigenvalue weighted by molar-refractivity contribution is -0.118. The Labute approximate surface area is 86.7 Å². The summed E-state index contributed by atoms with van der Waals surface area (Å²) in [6.07, 6.45) is 0. The predicted molar refractivity (Wildman–Crippen MR) is 58.0 cm³/mol. The van der Waals surface area contributed by atoms with E-state index in [0.29, 0.717) is 10.7 Å². The molecule has 0 spiro atoms. The summed E-state index contributed by atoms with van der Waals surface area (Å²) in [7, 11) is 0. The maximum Gasteiger partial charge on any atom is 0.250 e. The molecule has 1 aromatic carbocycles. The molecular weight excluding hydrogens is 200 g/mol. The number of benzene rings is 1. The molecule has 4 nitrogen and oxygen atoms in total. The zero-order valence-electron chi connectivity index (χ0n) is 7.36. The van der Waals surface area contributed by atoms with Gasteiger partial charge in [-0.3, -0.25) is 4.79 Å². The minimum atomic E-state index is -0.531. The van der Waals surface area contributed by atoms with Crippen LogP contribution < -0.4 is 11.1 Å². The third-order valence-corrected chi connectivity index (χ3v) is 1.83. The van der Waals surface area contributed by atoms with E-state index in [2.05, 4.69) is 5.32 Å². The molecule has 4 N–H and O–H groups in total. The van der Waals surface area contributed by atoms with Gasteiger partial charge in [-0.2, -0.15) is 0 Å². The van der Waals surface area contributed by atoms with E-state index in [4.69, 9.17) is 23.1 Å². The summed E-state index contributed by atoms with van der Waals surface area (Å²) in [5, 5.41) is 11.0. The molecule has 0 atom stereocenters. The fourth-order valence-electron chi connectivity index (χ4n) is 0.918. The Morgan fingerprint density at radius 3 is 2.43 bits per heavy atom. The maximum atomic E-state index is 10.8.